The monoisotopic (exact) mass is 871 g/mol. The topological polar surface area (TPSA) is 16.4 Å². The third kappa shape index (κ3) is 6.79. The van der Waals surface area contributed by atoms with Crippen LogP contribution in [0, 0.1) is 0 Å². The highest BCUT2D eigenvalue weighted by molar-refractivity contribution is 7.26. The third-order valence-corrected chi connectivity index (χ3v) is 14.5. The molecule has 13 aromatic rings. The summed E-state index contributed by atoms with van der Waals surface area (Å²) in [4.78, 5) is 2.45. The van der Waals surface area contributed by atoms with E-state index in [-0.39, 0.29) is 0 Å². The van der Waals surface area contributed by atoms with Crippen molar-refractivity contribution in [3.8, 4) is 55.6 Å². The summed E-state index contributed by atoms with van der Waals surface area (Å²) in [5, 5.41) is 7.10. The van der Waals surface area contributed by atoms with Gasteiger partial charge in [0, 0.05) is 42.3 Å². The Labute approximate surface area is 392 Å². The molecule has 0 N–H and O–H groups in total. The van der Waals surface area contributed by atoms with Crippen LogP contribution < -0.4 is 4.90 Å². The van der Waals surface area contributed by atoms with Crippen LogP contribution in [-0.4, -0.2) is 0 Å². The van der Waals surface area contributed by atoms with Crippen molar-refractivity contribution in [2.75, 3.05) is 4.90 Å². The molecule has 0 radical (unpaired) electrons. The van der Waals surface area contributed by atoms with Gasteiger partial charge < -0.3 is 9.32 Å². The van der Waals surface area contributed by atoms with Crippen LogP contribution in [0.1, 0.15) is 0 Å². The minimum absolute atomic E-state index is 0.864. The average Bonchev–Trinajstić information content (AvgIpc) is 3.98. The van der Waals surface area contributed by atoms with Gasteiger partial charge in [0.1, 0.15) is 11.2 Å². The predicted octanol–water partition coefficient (Wildman–Crippen LogP) is 18.9. The molecule has 2 heterocycles. The molecule has 0 amide bonds. The molecule has 314 valence electrons. The molecule has 0 bridgehead atoms. The largest absolute Gasteiger partial charge is 0.456 e. The fraction of sp³-hybridized carbons (Fsp3) is 0. The lowest BCUT2D eigenvalue weighted by molar-refractivity contribution is 0.669. The quantitative estimate of drug-likeness (QED) is 0.151. The Hall–Kier alpha value is -8.50. The number of anilines is 3. The second-order valence-electron chi connectivity index (χ2n) is 17.2. The van der Waals surface area contributed by atoms with Gasteiger partial charge in [0.05, 0.1) is 5.69 Å². The van der Waals surface area contributed by atoms with E-state index in [2.05, 4.69) is 254 Å². The van der Waals surface area contributed by atoms with E-state index in [1.54, 1.807) is 0 Å². The van der Waals surface area contributed by atoms with E-state index in [0.717, 1.165) is 44.6 Å². The number of thiophene rings is 1. The average molecular weight is 872 g/mol. The number of hydrogen-bond acceptors (Lipinski definition) is 3. The number of hydrogen-bond donors (Lipinski definition) is 0. The summed E-state index contributed by atoms with van der Waals surface area (Å²) in [6.45, 7) is 0. The molecule has 67 heavy (non-hydrogen) atoms. The first-order valence-corrected chi connectivity index (χ1v) is 23.6. The molecule has 3 heteroatoms. The summed E-state index contributed by atoms with van der Waals surface area (Å²) in [5.41, 5.74) is 17.0. The zero-order chi connectivity index (χ0) is 44.3. The molecule has 0 aliphatic rings. The van der Waals surface area contributed by atoms with Crippen LogP contribution in [0.15, 0.2) is 253 Å². The minimum Gasteiger partial charge on any atom is -0.456 e. The fourth-order valence-electron chi connectivity index (χ4n) is 10.1. The maximum Gasteiger partial charge on any atom is 0.136 e. The molecular weight excluding hydrogens is 831 g/mol. The molecule has 11 aromatic carbocycles. The van der Waals surface area contributed by atoms with Crippen LogP contribution >= 0.6 is 11.3 Å². The Bertz CT molecular complexity index is 3950. The van der Waals surface area contributed by atoms with Crippen LogP contribution in [0.4, 0.5) is 17.1 Å². The van der Waals surface area contributed by atoms with Crippen LogP contribution in [0.25, 0.3) is 109 Å². The van der Waals surface area contributed by atoms with Crippen LogP contribution in [-0.2, 0) is 0 Å². The van der Waals surface area contributed by atoms with Gasteiger partial charge in [0.2, 0.25) is 0 Å². The molecular formula is C64H41NOS. The van der Waals surface area contributed by atoms with E-state index in [4.69, 9.17) is 4.42 Å². The summed E-state index contributed by atoms with van der Waals surface area (Å²) in [7, 11) is 0. The molecule has 2 aromatic heterocycles. The molecule has 0 atom stereocenters. The maximum absolute atomic E-state index is 6.62. The molecule has 0 spiro atoms. The van der Waals surface area contributed by atoms with Gasteiger partial charge >= 0.3 is 0 Å². The number of furan rings is 1. The van der Waals surface area contributed by atoms with Gasteiger partial charge in [0.25, 0.3) is 0 Å². The van der Waals surface area contributed by atoms with Crippen molar-refractivity contribution >= 4 is 81.3 Å². The molecule has 2 nitrogen and oxygen atoms in total. The van der Waals surface area contributed by atoms with E-state index < -0.39 is 0 Å². The number of rotatable bonds is 8. The van der Waals surface area contributed by atoms with Gasteiger partial charge in [-0.15, -0.1) is 11.3 Å². The summed E-state index contributed by atoms with van der Waals surface area (Å²) in [6.07, 6.45) is 0. The molecule has 0 saturated heterocycles. The highest BCUT2D eigenvalue weighted by Gasteiger charge is 2.23. The van der Waals surface area contributed by atoms with Gasteiger partial charge in [-0.2, -0.15) is 0 Å². The number of nitrogens with zero attached hydrogens (tertiary/aromatic N) is 1. The van der Waals surface area contributed by atoms with Crippen LogP contribution in [0.2, 0.25) is 0 Å². The number of fused-ring (bicyclic) bond motifs is 7. The summed E-state index contributed by atoms with van der Waals surface area (Å²) in [5.74, 6) is 0. The Morgan fingerprint density at radius 1 is 0.328 bits per heavy atom. The molecule has 0 saturated carbocycles. The number of benzene rings is 11. The van der Waals surface area contributed by atoms with Crippen molar-refractivity contribution in [3.63, 3.8) is 0 Å². The summed E-state index contributed by atoms with van der Waals surface area (Å²) < 4.78 is 9.14. The van der Waals surface area contributed by atoms with Gasteiger partial charge in [-0.05, 0) is 121 Å². The van der Waals surface area contributed by atoms with Gasteiger partial charge in [-0.3, -0.25) is 0 Å². The SMILES string of the molecule is c1ccc(-c2ccc3c(c2)oc2ccc(N(c4ccc(-c5c(-c6ccccc6)ccc6ccccc56)cc4)c4ccc(-c5ccccc5)c5sc6cc(-c7ccccc7)ccc6c45)cc23)cc1. The normalized spacial score (nSPS) is 11.6. The van der Waals surface area contributed by atoms with Crippen LogP contribution in [0.5, 0.6) is 0 Å². The molecule has 13 rings (SSSR count). The zero-order valence-electron chi connectivity index (χ0n) is 36.4. The maximum atomic E-state index is 6.62. The Kier molecular flexibility index (Phi) is 9.40. The van der Waals surface area contributed by atoms with Gasteiger partial charge in [-0.25, -0.2) is 0 Å². The van der Waals surface area contributed by atoms with Crippen molar-refractivity contribution in [3.05, 3.63) is 249 Å². The van der Waals surface area contributed by atoms with Crippen molar-refractivity contribution in [1.82, 2.24) is 0 Å². The van der Waals surface area contributed by atoms with E-state index >= 15 is 0 Å². The second-order valence-corrected chi connectivity index (χ2v) is 18.3. The van der Waals surface area contributed by atoms with Gasteiger partial charge in [-0.1, -0.05) is 194 Å². The van der Waals surface area contributed by atoms with E-state index in [9.17, 15) is 0 Å². The highest BCUT2D eigenvalue weighted by Crippen LogP contribution is 2.50. The lowest BCUT2D eigenvalue weighted by Crippen LogP contribution is -2.10. The Balaban J connectivity index is 1.04. The summed E-state index contributed by atoms with van der Waals surface area (Å²) >= 11 is 1.88. The molecule has 0 aliphatic heterocycles. The van der Waals surface area contributed by atoms with Crippen molar-refractivity contribution in [2.24, 2.45) is 0 Å². The molecule has 0 unspecified atom stereocenters. The lowest BCUT2D eigenvalue weighted by Gasteiger charge is -2.27. The smallest absolute Gasteiger partial charge is 0.136 e. The standard InChI is InChI=1S/C64H41NOS/c1-5-15-42(16-6-1)48-28-34-55-57-41-51(32-38-59(57)66-60(55)39-48)65(50-30-25-47(26-31-50)62-52-24-14-13-23-46(52)27-33-53(62)44-19-9-3-10-20-44)58-37-36-54(45-21-11-4-12-22-45)64-63(58)56-35-29-49(40-61(56)67-64)43-17-7-2-8-18-43/h1-41H. The van der Waals surface area contributed by atoms with Crippen LogP contribution in [0.3, 0.4) is 0 Å². The Morgan fingerprint density at radius 2 is 0.896 bits per heavy atom. The van der Waals surface area contributed by atoms with E-state index in [1.165, 1.54) is 81.0 Å². The minimum atomic E-state index is 0.864. The highest BCUT2D eigenvalue weighted by atomic mass is 32.1. The van der Waals surface area contributed by atoms with E-state index in [0.29, 0.717) is 0 Å². The second kappa shape index (κ2) is 16.2. The zero-order valence-corrected chi connectivity index (χ0v) is 37.3. The molecule has 0 fully saturated rings. The van der Waals surface area contributed by atoms with Crippen molar-refractivity contribution < 1.29 is 4.42 Å². The Morgan fingerprint density at radius 3 is 1.60 bits per heavy atom. The first-order valence-electron chi connectivity index (χ1n) is 22.8. The van der Waals surface area contributed by atoms with Crippen molar-refractivity contribution in [2.45, 2.75) is 0 Å². The fourth-order valence-corrected chi connectivity index (χ4v) is 11.4. The van der Waals surface area contributed by atoms with Gasteiger partial charge in [0.15, 0.2) is 0 Å². The lowest BCUT2D eigenvalue weighted by atomic mass is 9.89. The molecule has 0 aliphatic carbocycles. The third-order valence-electron chi connectivity index (χ3n) is 13.3. The van der Waals surface area contributed by atoms with Crippen molar-refractivity contribution in [1.29, 1.82) is 0 Å². The summed E-state index contributed by atoms with van der Waals surface area (Å²) in [6, 6.07) is 90.1. The first-order chi connectivity index (χ1) is 33.2. The predicted molar refractivity (Wildman–Crippen MR) is 286 cm³/mol. The van der Waals surface area contributed by atoms with E-state index in [1.807, 2.05) is 11.3 Å². The first kappa shape index (κ1) is 38.9.